The number of likely N-dealkylation sites (N-methyl/N-ethyl adjacent to an activating group) is 1. The monoisotopic (exact) mass is 493 g/mol. The summed E-state index contributed by atoms with van der Waals surface area (Å²) in [5.41, 5.74) is 6.54. The van der Waals surface area contributed by atoms with Crippen LogP contribution in [0.4, 0.5) is 4.39 Å². The first-order valence-electron chi connectivity index (χ1n) is 11.9. The van der Waals surface area contributed by atoms with E-state index in [-0.39, 0.29) is 5.82 Å². The average Bonchev–Trinajstić information content (AvgIpc) is 3.52. The second-order valence-corrected chi connectivity index (χ2v) is 9.08. The van der Waals surface area contributed by atoms with Crippen LogP contribution in [-0.4, -0.2) is 62.3 Å². The molecule has 0 aliphatic rings. The van der Waals surface area contributed by atoms with Crippen molar-refractivity contribution < 1.29 is 9.13 Å². The SMILES string of the molecule is CN(C)CCOc1cc(F)cc(-c2cncc3[nH]c(-c4n[nH]c5cnc(-c6ccncc6)cc45)cc23)c1. The molecule has 0 amide bonds. The molecule has 5 heterocycles. The summed E-state index contributed by atoms with van der Waals surface area (Å²) in [5.74, 6) is 0.124. The van der Waals surface area contributed by atoms with E-state index in [4.69, 9.17) is 4.74 Å². The molecule has 6 rings (SSSR count). The number of nitrogens with one attached hydrogen (secondary N) is 2. The van der Waals surface area contributed by atoms with Crippen molar-refractivity contribution in [2.75, 3.05) is 27.2 Å². The molecule has 6 aromatic rings. The zero-order valence-electron chi connectivity index (χ0n) is 20.4. The van der Waals surface area contributed by atoms with Crippen LogP contribution in [-0.2, 0) is 0 Å². The van der Waals surface area contributed by atoms with Gasteiger partial charge in [-0.2, -0.15) is 5.10 Å². The quantitative estimate of drug-likeness (QED) is 0.313. The molecular formula is C28H24FN7O. The van der Waals surface area contributed by atoms with Crippen LogP contribution in [0, 0.1) is 5.82 Å². The van der Waals surface area contributed by atoms with E-state index in [1.54, 1.807) is 31.0 Å². The Hall–Kier alpha value is -4.63. The number of aromatic amines is 2. The number of hydrogen-bond acceptors (Lipinski definition) is 6. The maximum atomic E-state index is 14.5. The van der Waals surface area contributed by atoms with E-state index in [0.717, 1.165) is 56.6 Å². The fourth-order valence-electron chi connectivity index (χ4n) is 4.36. The van der Waals surface area contributed by atoms with Gasteiger partial charge in [0, 0.05) is 53.1 Å². The lowest BCUT2D eigenvalue weighted by molar-refractivity contribution is 0.260. The molecule has 5 aromatic heterocycles. The van der Waals surface area contributed by atoms with Crippen molar-refractivity contribution in [3.05, 3.63) is 79.3 Å². The van der Waals surface area contributed by atoms with Gasteiger partial charge < -0.3 is 14.6 Å². The topological polar surface area (TPSA) is 95.6 Å². The molecule has 0 atom stereocenters. The molecule has 8 nitrogen and oxygen atoms in total. The number of nitrogens with zero attached hydrogens (tertiary/aromatic N) is 5. The van der Waals surface area contributed by atoms with Crippen LogP contribution < -0.4 is 4.74 Å². The molecule has 0 spiro atoms. The number of H-pyrrole nitrogens is 2. The molecule has 0 unspecified atom stereocenters. The van der Waals surface area contributed by atoms with Crippen molar-refractivity contribution in [3.8, 4) is 39.5 Å². The molecule has 1 aromatic carbocycles. The first-order valence-corrected chi connectivity index (χ1v) is 11.9. The van der Waals surface area contributed by atoms with E-state index in [2.05, 4.69) is 30.1 Å². The van der Waals surface area contributed by atoms with Gasteiger partial charge in [0.2, 0.25) is 0 Å². The summed E-state index contributed by atoms with van der Waals surface area (Å²) in [4.78, 5) is 18.5. The van der Waals surface area contributed by atoms with Crippen molar-refractivity contribution in [2.24, 2.45) is 0 Å². The van der Waals surface area contributed by atoms with Crippen molar-refractivity contribution >= 4 is 21.8 Å². The lowest BCUT2D eigenvalue weighted by atomic mass is 10.0. The molecule has 0 bridgehead atoms. The summed E-state index contributed by atoms with van der Waals surface area (Å²) < 4.78 is 20.3. The number of pyridine rings is 3. The lowest BCUT2D eigenvalue weighted by Gasteiger charge is -2.12. The molecule has 184 valence electrons. The van der Waals surface area contributed by atoms with Gasteiger partial charge in [0.15, 0.2) is 0 Å². The number of halogens is 1. The highest BCUT2D eigenvalue weighted by atomic mass is 19.1. The van der Waals surface area contributed by atoms with Gasteiger partial charge in [-0.25, -0.2) is 4.39 Å². The maximum absolute atomic E-state index is 14.5. The highest BCUT2D eigenvalue weighted by Gasteiger charge is 2.16. The zero-order chi connectivity index (χ0) is 25.4. The Labute approximate surface area is 212 Å². The third kappa shape index (κ3) is 4.52. The molecular weight excluding hydrogens is 469 g/mol. The van der Waals surface area contributed by atoms with Crippen molar-refractivity contribution in [3.63, 3.8) is 0 Å². The molecule has 0 aliphatic heterocycles. The van der Waals surface area contributed by atoms with Crippen LogP contribution >= 0.6 is 0 Å². The van der Waals surface area contributed by atoms with E-state index in [1.165, 1.54) is 12.1 Å². The molecule has 9 heteroatoms. The molecule has 2 N–H and O–H groups in total. The number of aromatic nitrogens is 6. The predicted octanol–water partition coefficient (Wildman–Crippen LogP) is 5.31. The third-order valence-corrected chi connectivity index (χ3v) is 6.21. The van der Waals surface area contributed by atoms with Crippen molar-refractivity contribution in [1.29, 1.82) is 0 Å². The number of fused-ring (bicyclic) bond motifs is 2. The minimum Gasteiger partial charge on any atom is -0.492 e. The number of ether oxygens (including phenoxy) is 1. The molecule has 0 saturated carbocycles. The summed E-state index contributed by atoms with van der Waals surface area (Å²) in [6.45, 7) is 1.20. The van der Waals surface area contributed by atoms with Crippen LogP contribution in [0.1, 0.15) is 0 Å². The fourth-order valence-corrected chi connectivity index (χ4v) is 4.36. The molecule has 0 aliphatic carbocycles. The van der Waals surface area contributed by atoms with Crippen LogP contribution in [0.2, 0.25) is 0 Å². The van der Waals surface area contributed by atoms with Crippen LogP contribution in [0.25, 0.3) is 55.6 Å². The minimum atomic E-state index is -0.362. The summed E-state index contributed by atoms with van der Waals surface area (Å²) in [5, 5.41) is 9.48. The van der Waals surface area contributed by atoms with Gasteiger partial charge >= 0.3 is 0 Å². The van der Waals surface area contributed by atoms with Gasteiger partial charge in [0.05, 0.1) is 34.8 Å². The van der Waals surface area contributed by atoms with Crippen LogP contribution in [0.5, 0.6) is 5.75 Å². The Morgan fingerprint density at radius 2 is 1.76 bits per heavy atom. The Balaban J connectivity index is 1.41. The lowest BCUT2D eigenvalue weighted by Crippen LogP contribution is -2.19. The van der Waals surface area contributed by atoms with E-state index in [0.29, 0.717) is 17.9 Å². The molecule has 0 saturated heterocycles. The van der Waals surface area contributed by atoms with Crippen LogP contribution in [0.15, 0.2) is 73.4 Å². The Kier molecular flexibility index (Phi) is 5.82. The van der Waals surface area contributed by atoms with E-state index in [1.807, 2.05) is 49.3 Å². The second kappa shape index (κ2) is 9.44. The minimum absolute atomic E-state index is 0.362. The smallest absolute Gasteiger partial charge is 0.127 e. The normalized spacial score (nSPS) is 11.6. The van der Waals surface area contributed by atoms with Gasteiger partial charge in [-0.05, 0) is 56.1 Å². The van der Waals surface area contributed by atoms with E-state index < -0.39 is 0 Å². The Morgan fingerprint density at radius 3 is 2.59 bits per heavy atom. The predicted molar refractivity (Wildman–Crippen MR) is 142 cm³/mol. The first-order chi connectivity index (χ1) is 18.0. The molecule has 0 fully saturated rings. The third-order valence-electron chi connectivity index (χ3n) is 6.21. The number of hydrogen-bond donors (Lipinski definition) is 2. The summed E-state index contributed by atoms with van der Waals surface area (Å²) in [6, 6.07) is 12.6. The highest BCUT2D eigenvalue weighted by Crippen LogP contribution is 2.35. The Bertz CT molecular complexity index is 1710. The Morgan fingerprint density at radius 1 is 0.892 bits per heavy atom. The van der Waals surface area contributed by atoms with Crippen LogP contribution in [0.3, 0.4) is 0 Å². The van der Waals surface area contributed by atoms with Gasteiger partial charge in [-0.15, -0.1) is 0 Å². The standard InChI is InChI=1S/C28H24FN7O/c1-36(2)7-8-37-20-10-18(9-19(29)11-20)23-14-31-15-26-21(23)12-25(33-26)28-22-13-24(17-3-5-30-6-4-17)32-16-27(22)34-35-28/h3-6,9-16,33H,7-8H2,1-2H3,(H,34,35). The van der Waals surface area contributed by atoms with Crippen molar-refractivity contribution in [2.45, 2.75) is 0 Å². The summed E-state index contributed by atoms with van der Waals surface area (Å²) in [6.07, 6.45) is 8.77. The number of rotatable bonds is 7. The average molecular weight is 494 g/mol. The zero-order valence-corrected chi connectivity index (χ0v) is 20.4. The summed E-state index contributed by atoms with van der Waals surface area (Å²) >= 11 is 0. The molecule has 37 heavy (non-hydrogen) atoms. The van der Waals surface area contributed by atoms with E-state index in [9.17, 15) is 4.39 Å². The largest absolute Gasteiger partial charge is 0.492 e. The highest BCUT2D eigenvalue weighted by molar-refractivity contribution is 6.01. The van der Waals surface area contributed by atoms with E-state index >= 15 is 0 Å². The van der Waals surface area contributed by atoms with Gasteiger partial charge in [0.25, 0.3) is 0 Å². The van der Waals surface area contributed by atoms with Gasteiger partial charge in [-0.3, -0.25) is 20.1 Å². The number of benzene rings is 1. The molecule has 0 radical (unpaired) electrons. The van der Waals surface area contributed by atoms with Crippen molar-refractivity contribution in [1.82, 2.24) is 35.0 Å². The maximum Gasteiger partial charge on any atom is 0.127 e. The second-order valence-electron chi connectivity index (χ2n) is 9.08. The van der Waals surface area contributed by atoms with Gasteiger partial charge in [-0.1, -0.05) is 0 Å². The van der Waals surface area contributed by atoms with Gasteiger partial charge in [0.1, 0.15) is 23.9 Å². The summed E-state index contributed by atoms with van der Waals surface area (Å²) in [7, 11) is 3.94. The fraction of sp³-hybridized carbons (Fsp3) is 0.143. The first kappa shape index (κ1) is 22.8.